The zero-order chi connectivity index (χ0) is 22.4. The number of aryl methyl sites for hydroxylation is 1. The summed E-state index contributed by atoms with van der Waals surface area (Å²) in [6, 6.07) is 10.3. The van der Waals surface area contributed by atoms with Crippen molar-refractivity contribution in [3.63, 3.8) is 0 Å². The average molecular weight is 495 g/mol. The normalized spacial score (nSPS) is 15.4. The Labute approximate surface area is 195 Å². The molecule has 8 heteroatoms. The highest BCUT2D eigenvalue weighted by molar-refractivity contribution is 9.10. The number of benzene rings is 1. The molecule has 166 valence electrons. The summed E-state index contributed by atoms with van der Waals surface area (Å²) in [5, 5.41) is 9.45. The van der Waals surface area contributed by atoms with Crippen LogP contribution >= 0.6 is 15.9 Å². The third-order valence-electron chi connectivity index (χ3n) is 6.45. The highest BCUT2D eigenvalue weighted by Gasteiger charge is 2.33. The van der Waals surface area contributed by atoms with Gasteiger partial charge in [0.25, 0.3) is 5.56 Å². The van der Waals surface area contributed by atoms with Crippen LogP contribution in [0.1, 0.15) is 42.3 Å². The first-order valence-corrected chi connectivity index (χ1v) is 11.7. The minimum Gasteiger partial charge on any atom is -0.353 e. The zero-order valence-corrected chi connectivity index (χ0v) is 20.1. The van der Waals surface area contributed by atoms with Crippen molar-refractivity contribution >= 4 is 26.8 Å². The van der Waals surface area contributed by atoms with Gasteiger partial charge in [0.05, 0.1) is 0 Å². The summed E-state index contributed by atoms with van der Waals surface area (Å²) in [5.74, 6) is 1.71. The first-order chi connectivity index (χ1) is 15.4. The van der Waals surface area contributed by atoms with Crippen molar-refractivity contribution in [3.8, 4) is 5.69 Å². The van der Waals surface area contributed by atoms with Gasteiger partial charge < -0.3 is 14.5 Å². The second-order valence-electron chi connectivity index (χ2n) is 9.04. The van der Waals surface area contributed by atoms with Gasteiger partial charge in [0.1, 0.15) is 17.7 Å². The first kappa shape index (κ1) is 21.2. The molecular formula is C24H27BrN6O. The number of pyridine rings is 1. The van der Waals surface area contributed by atoms with Gasteiger partial charge in [-0.1, -0.05) is 18.6 Å². The number of nitrogens with zero attached hydrogens (tertiary/aromatic N) is 5. The Kier molecular flexibility index (Phi) is 5.51. The van der Waals surface area contributed by atoms with E-state index in [0.717, 1.165) is 33.6 Å². The maximum atomic E-state index is 13.4. The van der Waals surface area contributed by atoms with Gasteiger partial charge in [0.2, 0.25) is 0 Å². The van der Waals surface area contributed by atoms with Crippen molar-refractivity contribution in [1.82, 2.24) is 29.2 Å². The van der Waals surface area contributed by atoms with E-state index in [4.69, 9.17) is 0 Å². The van der Waals surface area contributed by atoms with Crippen LogP contribution in [0.25, 0.3) is 16.6 Å². The van der Waals surface area contributed by atoms with Crippen molar-refractivity contribution in [3.05, 3.63) is 74.8 Å². The van der Waals surface area contributed by atoms with Gasteiger partial charge in [-0.2, -0.15) is 0 Å². The van der Waals surface area contributed by atoms with E-state index in [1.165, 1.54) is 24.8 Å². The second-order valence-corrected chi connectivity index (χ2v) is 9.89. The van der Waals surface area contributed by atoms with Crippen molar-refractivity contribution in [2.24, 2.45) is 13.0 Å². The minimum atomic E-state index is -0.0517. The number of hydrogen-bond acceptors (Lipinski definition) is 4. The largest absolute Gasteiger partial charge is 0.353 e. The predicted molar refractivity (Wildman–Crippen MR) is 129 cm³/mol. The fourth-order valence-corrected chi connectivity index (χ4v) is 5.21. The van der Waals surface area contributed by atoms with Crippen LogP contribution in [0, 0.1) is 5.92 Å². The lowest BCUT2D eigenvalue weighted by molar-refractivity contribution is 0.274. The lowest BCUT2D eigenvalue weighted by Gasteiger charge is -2.33. The molecule has 32 heavy (non-hydrogen) atoms. The molecule has 0 bridgehead atoms. The molecule has 1 N–H and O–H groups in total. The quantitative estimate of drug-likeness (QED) is 0.435. The summed E-state index contributed by atoms with van der Waals surface area (Å²) in [5.41, 5.74) is 3.60. The Hall–Kier alpha value is -2.71. The lowest BCUT2D eigenvalue weighted by Crippen LogP contribution is -2.24. The summed E-state index contributed by atoms with van der Waals surface area (Å²) in [6.45, 7) is 0.747. The van der Waals surface area contributed by atoms with E-state index in [-0.39, 0.29) is 11.5 Å². The number of aromatic amines is 1. The number of nitrogens with one attached hydrogen (secondary N) is 1. The van der Waals surface area contributed by atoms with Gasteiger partial charge in [-0.05, 0) is 72.5 Å². The smallest absolute Gasteiger partial charge is 0.279 e. The van der Waals surface area contributed by atoms with Gasteiger partial charge >= 0.3 is 0 Å². The Bertz CT molecular complexity index is 1330. The van der Waals surface area contributed by atoms with Crippen LogP contribution in [-0.4, -0.2) is 43.3 Å². The molecule has 4 aromatic rings. The fraction of sp³-hybridized carbons (Fsp3) is 0.375. The first-order valence-electron chi connectivity index (χ1n) is 10.9. The Morgan fingerprint density at radius 2 is 2.09 bits per heavy atom. The number of H-pyrrole nitrogens is 1. The average Bonchev–Trinajstić information content (AvgIpc) is 3.33. The predicted octanol–water partition coefficient (Wildman–Crippen LogP) is 4.20. The molecule has 5 rings (SSSR count). The Balaban J connectivity index is 1.60. The molecule has 1 saturated carbocycles. The number of halogens is 1. The van der Waals surface area contributed by atoms with Crippen molar-refractivity contribution in [1.29, 1.82) is 0 Å². The van der Waals surface area contributed by atoms with Crippen LogP contribution in [-0.2, 0) is 13.6 Å². The molecule has 0 aliphatic heterocycles. The zero-order valence-electron chi connectivity index (χ0n) is 18.5. The third kappa shape index (κ3) is 3.71. The van der Waals surface area contributed by atoms with E-state index >= 15 is 0 Å². The van der Waals surface area contributed by atoms with E-state index in [9.17, 15) is 4.79 Å². The van der Waals surface area contributed by atoms with Crippen LogP contribution in [0.4, 0.5) is 0 Å². The third-order valence-corrected chi connectivity index (χ3v) is 7.08. The summed E-state index contributed by atoms with van der Waals surface area (Å²) < 4.78 is 4.62. The SMILES string of the molecule is CN(C)Cc1cc2c(Br)cn(-c3cccc([C@H](c4nncn4C)C4CCC4)c3)c(=O)c2[nH]1. The molecule has 0 unspecified atom stereocenters. The molecule has 1 aliphatic rings. The molecule has 0 saturated heterocycles. The molecule has 0 radical (unpaired) electrons. The molecule has 0 amide bonds. The van der Waals surface area contributed by atoms with Crippen LogP contribution in [0.3, 0.4) is 0 Å². The topological polar surface area (TPSA) is 71.7 Å². The highest BCUT2D eigenvalue weighted by Crippen LogP contribution is 2.42. The van der Waals surface area contributed by atoms with E-state index in [0.29, 0.717) is 11.4 Å². The monoisotopic (exact) mass is 494 g/mol. The molecule has 1 aromatic carbocycles. The Morgan fingerprint density at radius 3 is 2.75 bits per heavy atom. The molecule has 1 fully saturated rings. The van der Waals surface area contributed by atoms with E-state index in [2.05, 4.69) is 48.1 Å². The van der Waals surface area contributed by atoms with Gasteiger partial charge in [-0.15, -0.1) is 10.2 Å². The summed E-state index contributed by atoms with van der Waals surface area (Å²) in [7, 11) is 6.02. The van der Waals surface area contributed by atoms with Crippen molar-refractivity contribution in [2.45, 2.75) is 31.7 Å². The van der Waals surface area contributed by atoms with Crippen molar-refractivity contribution in [2.75, 3.05) is 14.1 Å². The van der Waals surface area contributed by atoms with Crippen molar-refractivity contribution < 1.29 is 0 Å². The molecule has 1 aliphatic carbocycles. The number of aromatic nitrogens is 5. The van der Waals surface area contributed by atoms with E-state index in [1.807, 2.05) is 50.1 Å². The molecule has 7 nitrogen and oxygen atoms in total. The van der Waals surface area contributed by atoms with Gasteiger partial charge in [0, 0.05) is 46.9 Å². The minimum absolute atomic E-state index is 0.0517. The standard InChI is InChI=1S/C24H27BrN6O/c1-29(2)12-17-11-19-20(25)13-31(24(32)22(19)27-17)18-9-5-8-16(10-18)21(15-6-4-7-15)23-28-26-14-30(23)3/h5,8-11,13-15,21,27H,4,6-7,12H2,1-3H3/t21-/m1/s1. The fourth-order valence-electron chi connectivity index (χ4n) is 4.69. The van der Waals surface area contributed by atoms with E-state index in [1.54, 1.807) is 10.9 Å². The molecule has 3 aromatic heterocycles. The summed E-state index contributed by atoms with van der Waals surface area (Å²) >= 11 is 3.68. The lowest BCUT2D eigenvalue weighted by atomic mass is 9.72. The second kappa shape index (κ2) is 8.33. The van der Waals surface area contributed by atoms with Crippen LogP contribution < -0.4 is 5.56 Å². The highest BCUT2D eigenvalue weighted by atomic mass is 79.9. The van der Waals surface area contributed by atoms with Crippen LogP contribution in [0.15, 0.2) is 52.1 Å². The van der Waals surface area contributed by atoms with Crippen LogP contribution in [0.5, 0.6) is 0 Å². The summed E-state index contributed by atoms with van der Waals surface area (Å²) in [4.78, 5) is 18.8. The Morgan fingerprint density at radius 1 is 1.28 bits per heavy atom. The molecule has 0 spiro atoms. The summed E-state index contributed by atoms with van der Waals surface area (Å²) in [6.07, 6.45) is 7.27. The van der Waals surface area contributed by atoms with Gasteiger partial charge in [-0.25, -0.2) is 0 Å². The number of hydrogen-bond donors (Lipinski definition) is 1. The van der Waals surface area contributed by atoms with Crippen LogP contribution in [0.2, 0.25) is 0 Å². The maximum absolute atomic E-state index is 13.4. The van der Waals surface area contributed by atoms with Gasteiger partial charge in [-0.3, -0.25) is 9.36 Å². The molecular weight excluding hydrogens is 468 g/mol. The number of fused-ring (bicyclic) bond motifs is 1. The number of rotatable bonds is 6. The maximum Gasteiger partial charge on any atom is 0.279 e. The molecule has 3 heterocycles. The molecule has 1 atom stereocenters. The van der Waals surface area contributed by atoms with E-state index < -0.39 is 0 Å². The van der Waals surface area contributed by atoms with Gasteiger partial charge in [0.15, 0.2) is 0 Å².